The van der Waals surface area contributed by atoms with E-state index >= 15 is 0 Å². The van der Waals surface area contributed by atoms with Gasteiger partial charge in [-0.1, -0.05) is 0 Å². The van der Waals surface area contributed by atoms with Crippen molar-refractivity contribution in [3.8, 4) is 0 Å². The first kappa shape index (κ1) is 13.7. The molecule has 1 aromatic heterocycles. The lowest BCUT2D eigenvalue weighted by Crippen LogP contribution is -2.46. The molecule has 3 N–H and O–H groups in total. The van der Waals surface area contributed by atoms with Gasteiger partial charge in [0.15, 0.2) is 0 Å². The molecule has 5 nitrogen and oxygen atoms in total. The highest BCUT2D eigenvalue weighted by atomic mass is 32.1. The highest BCUT2D eigenvalue weighted by Gasteiger charge is 2.19. The third-order valence-electron chi connectivity index (χ3n) is 2.65. The molecule has 0 saturated heterocycles. The second-order valence-corrected chi connectivity index (χ2v) is 4.97. The first-order valence-electron chi connectivity index (χ1n) is 5.25. The Morgan fingerprint density at radius 3 is 2.71 bits per heavy atom. The number of urea groups is 1. The van der Waals surface area contributed by atoms with Crippen LogP contribution in [0.3, 0.4) is 0 Å². The molecular weight excluding hydrogens is 238 g/mol. The Bertz CT molecular complexity index is 417. The highest BCUT2D eigenvalue weighted by molar-refractivity contribution is 7.10. The molecule has 17 heavy (non-hydrogen) atoms. The van der Waals surface area contributed by atoms with Gasteiger partial charge in [0.2, 0.25) is 5.91 Å². The van der Waals surface area contributed by atoms with Crippen LogP contribution in [0.1, 0.15) is 17.4 Å². The second-order valence-electron chi connectivity index (χ2n) is 3.97. The minimum absolute atomic E-state index is 0.380. The van der Waals surface area contributed by atoms with Crippen molar-refractivity contribution in [3.63, 3.8) is 0 Å². The summed E-state index contributed by atoms with van der Waals surface area (Å²) < 4.78 is 0. The van der Waals surface area contributed by atoms with Crippen molar-refractivity contribution in [1.82, 2.24) is 10.2 Å². The predicted molar refractivity (Wildman–Crippen MR) is 67.7 cm³/mol. The Morgan fingerprint density at radius 1 is 1.59 bits per heavy atom. The van der Waals surface area contributed by atoms with Crippen LogP contribution in [0.15, 0.2) is 11.4 Å². The summed E-state index contributed by atoms with van der Waals surface area (Å²) >= 11 is 1.66. The third-order valence-corrected chi connectivity index (χ3v) is 3.66. The van der Waals surface area contributed by atoms with E-state index in [2.05, 4.69) is 5.32 Å². The van der Waals surface area contributed by atoms with Crippen molar-refractivity contribution in [2.75, 3.05) is 7.05 Å². The van der Waals surface area contributed by atoms with Gasteiger partial charge < -0.3 is 5.73 Å². The number of hydrogen-bond acceptors (Lipinski definition) is 4. The van der Waals surface area contributed by atoms with Crippen LogP contribution in [0, 0.1) is 6.92 Å². The number of nitrogens with two attached hydrogens (primary N) is 1. The van der Waals surface area contributed by atoms with Crippen molar-refractivity contribution in [1.29, 1.82) is 0 Å². The number of nitrogens with zero attached hydrogens (tertiary/aromatic N) is 1. The number of primary amides is 1. The maximum absolute atomic E-state index is 11.6. The summed E-state index contributed by atoms with van der Waals surface area (Å²) in [6.07, 6.45) is 0. The van der Waals surface area contributed by atoms with Crippen LogP contribution in [0.5, 0.6) is 0 Å². The molecular formula is C11H17N3O2S. The smallest absolute Gasteiger partial charge is 0.318 e. The van der Waals surface area contributed by atoms with Gasteiger partial charge in [-0.15, -0.1) is 11.3 Å². The zero-order valence-electron chi connectivity index (χ0n) is 10.2. The molecule has 1 rings (SSSR count). The van der Waals surface area contributed by atoms with Crippen LogP contribution in [0.2, 0.25) is 0 Å². The molecule has 0 aliphatic carbocycles. The molecule has 0 aromatic carbocycles. The van der Waals surface area contributed by atoms with Gasteiger partial charge >= 0.3 is 6.03 Å². The van der Waals surface area contributed by atoms with Gasteiger partial charge in [0.05, 0.1) is 6.04 Å². The largest absolute Gasteiger partial charge is 0.351 e. The number of thiophene rings is 1. The van der Waals surface area contributed by atoms with Crippen LogP contribution in [0.4, 0.5) is 4.79 Å². The summed E-state index contributed by atoms with van der Waals surface area (Å²) in [6.45, 7) is 4.45. The lowest BCUT2D eigenvalue weighted by molar-refractivity contribution is -0.124. The number of amides is 3. The Balaban J connectivity index is 2.58. The fourth-order valence-electron chi connectivity index (χ4n) is 1.36. The lowest BCUT2D eigenvalue weighted by atomic mass is 10.2. The summed E-state index contributed by atoms with van der Waals surface area (Å²) in [5.74, 6) is -0.380. The normalized spacial score (nSPS) is 12.5. The van der Waals surface area contributed by atoms with E-state index in [4.69, 9.17) is 5.73 Å². The molecule has 1 aromatic rings. The molecule has 0 radical (unpaired) electrons. The predicted octanol–water partition coefficient (Wildman–Crippen LogP) is 1.07. The Morgan fingerprint density at radius 2 is 2.24 bits per heavy atom. The van der Waals surface area contributed by atoms with E-state index in [9.17, 15) is 9.59 Å². The number of aryl methyl sites for hydroxylation is 1. The van der Waals surface area contributed by atoms with Crippen LogP contribution in [-0.4, -0.2) is 29.9 Å². The minimum atomic E-state index is -0.817. The first-order valence-corrected chi connectivity index (χ1v) is 6.13. The van der Waals surface area contributed by atoms with Gasteiger partial charge in [-0.05, 0) is 37.9 Å². The van der Waals surface area contributed by atoms with Crippen LogP contribution < -0.4 is 11.1 Å². The van der Waals surface area contributed by atoms with E-state index in [1.54, 1.807) is 18.3 Å². The van der Waals surface area contributed by atoms with E-state index in [1.165, 1.54) is 10.4 Å². The maximum atomic E-state index is 11.6. The first-order chi connectivity index (χ1) is 7.91. The fraction of sp³-hybridized carbons (Fsp3) is 0.455. The van der Waals surface area contributed by atoms with Gasteiger partial charge in [-0.3, -0.25) is 15.0 Å². The summed E-state index contributed by atoms with van der Waals surface area (Å²) in [7, 11) is 1.84. The molecule has 1 unspecified atom stereocenters. The van der Waals surface area contributed by atoms with Crippen molar-refractivity contribution >= 4 is 23.3 Å². The number of likely N-dealkylation sites (N-methyl/N-ethyl adjacent to an activating group) is 1. The van der Waals surface area contributed by atoms with Crippen molar-refractivity contribution in [2.45, 2.75) is 26.4 Å². The lowest BCUT2D eigenvalue weighted by Gasteiger charge is -2.22. The number of hydrogen-bond donors (Lipinski definition) is 2. The van der Waals surface area contributed by atoms with E-state index in [0.29, 0.717) is 6.54 Å². The minimum Gasteiger partial charge on any atom is -0.351 e. The number of rotatable bonds is 4. The SMILES string of the molecule is Cc1ccsc1CN(C)C(C)C(=O)NC(N)=O. The summed E-state index contributed by atoms with van der Waals surface area (Å²) in [4.78, 5) is 25.2. The number of imide groups is 1. The van der Waals surface area contributed by atoms with E-state index in [1.807, 2.05) is 30.3 Å². The molecule has 0 saturated carbocycles. The van der Waals surface area contributed by atoms with Gasteiger partial charge in [0.1, 0.15) is 0 Å². The Hall–Kier alpha value is -1.40. The quantitative estimate of drug-likeness (QED) is 0.845. The Labute approximate surface area is 105 Å². The summed E-state index contributed by atoms with van der Waals surface area (Å²) in [6, 6.07) is 0.827. The molecule has 0 fully saturated rings. The van der Waals surface area contributed by atoms with Crippen molar-refractivity contribution in [3.05, 3.63) is 21.9 Å². The van der Waals surface area contributed by atoms with Crippen molar-refractivity contribution in [2.24, 2.45) is 5.73 Å². The summed E-state index contributed by atoms with van der Waals surface area (Å²) in [5, 5.41) is 4.10. The third kappa shape index (κ3) is 3.83. The molecule has 3 amide bonds. The number of carbonyl (C=O) groups excluding carboxylic acids is 2. The van der Waals surface area contributed by atoms with E-state index in [-0.39, 0.29) is 5.91 Å². The Kier molecular flexibility index (Phi) is 4.65. The van der Waals surface area contributed by atoms with Crippen LogP contribution in [0.25, 0.3) is 0 Å². The molecule has 6 heteroatoms. The zero-order chi connectivity index (χ0) is 13.0. The standard InChI is InChI=1S/C11H17N3O2S/c1-7-4-5-17-9(7)6-14(3)8(2)10(15)13-11(12)16/h4-5,8H,6H2,1-3H3,(H3,12,13,15,16). The molecule has 94 valence electrons. The highest BCUT2D eigenvalue weighted by Crippen LogP contribution is 2.18. The van der Waals surface area contributed by atoms with Gasteiger partial charge in [0, 0.05) is 11.4 Å². The van der Waals surface area contributed by atoms with Gasteiger partial charge in [-0.25, -0.2) is 4.79 Å². The molecule has 0 aliphatic heterocycles. The van der Waals surface area contributed by atoms with E-state index in [0.717, 1.165) is 0 Å². The molecule has 0 bridgehead atoms. The fourth-order valence-corrected chi connectivity index (χ4v) is 2.32. The number of carbonyl (C=O) groups is 2. The van der Waals surface area contributed by atoms with Crippen LogP contribution >= 0.6 is 11.3 Å². The molecule has 0 spiro atoms. The zero-order valence-corrected chi connectivity index (χ0v) is 11.0. The topological polar surface area (TPSA) is 75.4 Å². The monoisotopic (exact) mass is 255 g/mol. The second kappa shape index (κ2) is 5.79. The van der Waals surface area contributed by atoms with Gasteiger partial charge in [0.25, 0.3) is 0 Å². The van der Waals surface area contributed by atoms with Gasteiger partial charge in [-0.2, -0.15) is 0 Å². The molecule has 1 heterocycles. The maximum Gasteiger partial charge on any atom is 0.318 e. The van der Waals surface area contributed by atoms with Crippen molar-refractivity contribution < 1.29 is 9.59 Å². The number of nitrogens with one attached hydrogen (secondary N) is 1. The van der Waals surface area contributed by atoms with Crippen LogP contribution in [-0.2, 0) is 11.3 Å². The molecule has 0 aliphatic rings. The van der Waals surface area contributed by atoms with E-state index < -0.39 is 12.1 Å². The average molecular weight is 255 g/mol. The molecule has 1 atom stereocenters. The summed E-state index contributed by atoms with van der Waals surface area (Å²) in [5.41, 5.74) is 6.12. The average Bonchev–Trinajstić information content (AvgIpc) is 2.62.